The number of hydrogen-bond donors (Lipinski definition) is 0. The van der Waals surface area contributed by atoms with Gasteiger partial charge in [-0.05, 0) is 37.1 Å². The Hall–Kier alpha value is -2.47. The van der Waals surface area contributed by atoms with Crippen LogP contribution in [0.3, 0.4) is 0 Å². The second-order valence-electron chi connectivity index (χ2n) is 6.52. The minimum Gasteiger partial charge on any atom is -0.493 e. The smallest absolute Gasteiger partial charge is 0.339 e. The molecule has 6 heteroatoms. The summed E-state index contributed by atoms with van der Waals surface area (Å²) in [5.74, 6) is 0.910. The number of carbonyl (C=O) groups is 2. The number of carbonyl (C=O) groups excluding carboxylic acids is 2. The third kappa shape index (κ3) is 6.02. The summed E-state index contributed by atoms with van der Waals surface area (Å²) in [7, 11) is 0. The zero-order valence-corrected chi connectivity index (χ0v) is 16.7. The lowest BCUT2D eigenvalue weighted by Crippen LogP contribution is -2.29. The molecular weight excluding hydrogens is 374 g/mol. The van der Waals surface area contributed by atoms with Crippen LogP contribution in [0.1, 0.15) is 29.6 Å². The van der Waals surface area contributed by atoms with Gasteiger partial charge in [-0.15, -0.1) is 11.8 Å². The van der Waals surface area contributed by atoms with Gasteiger partial charge >= 0.3 is 5.97 Å². The summed E-state index contributed by atoms with van der Waals surface area (Å²) in [5, 5.41) is 0. The Labute approximate surface area is 170 Å². The summed E-state index contributed by atoms with van der Waals surface area (Å²) in [6.07, 6.45) is 2.77. The molecule has 0 bridgehead atoms. The van der Waals surface area contributed by atoms with Gasteiger partial charge in [0.1, 0.15) is 5.75 Å². The molecule has 0 saturated carbocycles. The van der Waals surface area contributed by atoms with E-state index in [-0.39, 0.29) is 18.5 Å². The van der Waals surface area contributed by atoms with E-state index in [1.165, 1.54) is 11.8 Å². The largest absolute Gasteiger partial charge is 0.493 e. The summed E-state index contributed by atoms with van der Waals surface area (Å²) >= 11 is 1.39. The van der Waals surface area contributed by atoms with Gasteiger partial charge in [-0.2, -0.15) is 0 Å². The molecule has 0 aliphatic carbocycles. The van der Waals surface area contributed by atoms with E-state index in [2.05, 4.69) is 0 Å². The van der Waals surface area contributed by atoms with Gasteiger partial charge < -0.3 is 14.4 Å². The molecule has 3 rings (SSSR count). The summed E-state index contributed by atoms with van der Waals surface area (Å²) < 4.78 is 11.0. The summed E-state index contributed by atoms with van der Waals surface area (Å²) in [6.45, 7) is 2.46. The summed E-state index contributed by atoms with van der Waals surface area (Å²) in [6, 6.07) is 16.8. The highest BCUT2D eigenvalue weighted by molar-refractivity contribution is 8.00. The van der Waals surface area contributed by atoms with Crippen molar-refractivity contribution in [2.75, 3.05) is 32.1 Å². The van der Waals surface area contributed by atoms with Crippen LogP contribution in [0.4, 0.5) is 0 Å². The lowest BCUT2D eigenvalue weighted by Gasteiger charge is -2.15. The SMILES string of the molecule is O=C(OCCCOc1ccccc1)c1ccccc1SCC(=O)N1CCCC1. The highest BCUT2D eigenvalue weighted by Crippen LogP contribution is 2.24. The topological polar surface area (TPSA) is 55.8 Å². The fraction of sp³-hybridized carbons (Fsp3) is 0.364. The first kappa shape index (κ1) is 20.3. The quantitative estimate of drug-likeness (QED) is 0.362. The molecule has 0 N–H and O–H groups in total. The Balaban J connectivity index is 1.43. The highest BCUT2D eigenvalue weighted by atomic mass is 32.2. The maximum Gasteiger partial charge on any atom is 0.339 e. The van der Waals surface area contributed by atoms with E-state index >= 15 is 0 Å². The van der Waals surface area contributed by atoms with E-state index in [9.17, 15) is 9.59 Å². The molecule has 1 heterocycles. The van der Waals surface area contributed by atoms with Crippen LogP contribution in [-0.4, -0.2) is 48.8 Å². The number of hydrogen-bond acceptors (Lipinski definition) is 5. The maximum atomic E-state index is 12.4. The molecule has 1 amide bonds. The van der Waals surface area contributed by atoms with Gasteiger partial charge in [-0.1, -0.05) is 30.3 Å². The van der Waals surface area contributed by atoms with Crippen LogP contribution in [0.2, 0.25) is 0 Å². The van der Waals surface area contributed by atoms with Crippen molar-refractivity contribution in [3.8, 4) is 5.75 Å². The van der Waals surface area contributed by atoms with Gasteiger partial charge in [0, 0.05) is 24.4 Å². The van der Waals surface area contributed by atoms with Gasteiger partial charge in [0.25, 0.3) is 0 Å². The lowest BCUT2D eigenvalue weighted by molar-refractivity contribution is -0.127. The minimum absolute atomic E-state index is 0.128. The normalized spacial score (nSPS) is 13.4. The molecule has 0 unspecified atom stereocenters. The highest BCUT2D eigenvalue weighted by Gasteiger charge is 2.19. The van der Waals surface area contributed by atoms with Gasteiger partial charge in [-0.25, -0.2) is 4.79 Å². The van der Waals surface area contributed by atoms with E-state index in [1.807, 2.05) is 53.4 Å². The number of para-hydroxylation sites is 1. The minimum atomic E-state index is -0.364. The van der Waals surface area contributed by atoms with Crippen LogP contribution >= 0.6 is 11.8 Å². The molecule has 1 aliphatic rings. The second kappa shape index (κ2) is 10.8. The molecule has 0 aromatic heterocycles. The Morgan fingerprint density at radius 1 is 0.929 bits per heavy atom. The van der Waals surface area contributed by atoms with Crippen molar-refractivity contribution in [2.24, 2.45) is 0 Å². The standard InChI is InChI=1S/C22H25NO4S/c24-21(23-13-6-7-14-23)17-28-20-12-5-4-11-19(20)22(25)27-16-8-15-26-18-9-2-1-3-10-18/h1-5,9-12H,6-8,13-17H2. The Kier molecular flexibility index (Phi) is 7.79. The van der Waals surface area contributed by atoms with Crippen molar-refractivity contribution in [1.29, 1.82) is 0 Å². The number of benzene rings is 2. The molecule has 1 saturated heterocycles. The van der Waals surface area contributed by atoms with Crippen LogP contribution in [0, 0.1) is 0 Å². The first-order valence-electron chi connectivity index (χ1n) is 9.58. The molecule has 1 fully saturated rings. The van der Waals surface area contributed by atoms with Crippen LogP contribution in [0.25, 0.3) is 0 Å². The Bertz CT molecular complexity index is 775. The van der Waals surface area contributed by atoms with Crippen LogP contribution < -0.4 is 4.74 Å². The van der Waals surface area contributed by atoms with E-state index in [1.54, 1.807) is 6.07 Å². The maximum absolute atomic E-state index is 12.4. The van der Waals surface area contributed by atoms with E-state index < -0.39 is 0 Å². The van der Waals surface area contributed by atoms with Crippen molar-refractivity contribution in [1.82, 2.24) is 4.90 Å². The fourth-order valence-electron chi connectivity index (χ4n) is 2.97. The third-order valence-electron chi connectivity index (χ3n) is 4.45. The monoisotopic (exact) mass is 399 g/mol. The number of esters is 1. The molecule has 0 radical (unpaired) electrons. The number of ether oxygens (including phenoxy) is 2. The number of nitrogens with zero attached hydrogens (tertiary/aromatic N) is 1. The number of rotatable bonds is 9. The van der Waals surface area contributed by atoms with Gasteiger partial charge in [0.05, 0.1) is 24.5 Å². The van der Waals surface area contributed by atoms with Crippen LogP contribution in [0.15, 0.2) is 59.5 Å². The van der Waals surface area contributed by atoms with Crippen molar-refractivity contribution in [2.45, 2.75) is 24.2 Å². The number of amides is 1. The molecule has 1 aliphatic heterocycles. The van der Waals surface area contributed by atoms with Crippen molar-refractivity contribution in [3.63, 3.8) is 0 Å². The van der Waals surface area contributed by atoms with Gasteiger partial charge in [0.15, 0.2) is 0 Å². The molecule has 0 atom stereocenters. The van der Waals surface area contributed by atoms with E-state index in [0.29, 0.717) is 24.3 Å². The first-order valence-corrected chi connectivity index (χ1v) is 10.6. The molecule has 2 aromatic carbocycles. The molecular formula is C22H25NO4S. The second-order valence-corrected chi connectivity index (χ2v) is 7.54. The van der Waals surface area contributed by atoms with Crippen molar-refractivity contribution in [3.05, 3.63) is 60.2 Å². The molecule has 148 valence electrons. The lowest BCUT2D eigenvalue weighted by atomic mass is 10.2. The Morgan fingerprint density at radius 2 is 1.64 bits per heavy atom. The zero-order valence-electron chi connectivity index (χ0n) is 15.8. The summed E-state index contributed by atoms with van der Waals surface area (Å²) in [5.41, 5.74) is 0.505. The van der Waals surface area contributed by atoms with Crippen LogP contribution in [0.5, 0.6) is 5.75 Å². The summed E-state index contributed by atoms with van der Waals surface area (Å²) in [4.78, 5) is 27.3. The molecule has 0 spiro atoms. The predicted octanol–water partition coefficient (Wildman–Crippen LogP) is 4.03. The predicted molar refractivity (Wildman–Crippen MR) is 110 cm³/mol. The Morgan fingerprint density at radius 3 is 2.43 bits per heavy atom. The first-order chi connectivity index (χ1) is 13.7. The van der Waals surface area contributed by atoms with Crippen molar-refractivity contribution >= 4 is 23.6 Å². The average molecular weight is 400 g/mol. The average Bonchev–Trinajstić information content (AvgIpc) is 3.27. The van der Waals surface area contributed by atoms with E-state index in [4.69, 9.17) is 9.47 Å². The number of thioether (sulfide) groups is 1. The molecule has 2 aromatic rings. The third-order valence-corrected chi connectivity index (χ3v) is 5.51. The number of likely N-dealkylation sites (tertiary alicyclic amines) is 1. The molecule has 28 heavy (non-hydrogen) atoms. The fourth-order valence-corrected chi connectivity index (χ4v) is 3.91. The van der Waals surface area contributed by atoms with Crippen molar-refractivity contribution < 1.29 is 19.1 Å². The van der Waals surface area contributed by atoms with Crippen LogP contribution in [-0.2, 0) is 9.53 Å². The zero-order chi connectivity index (χ0) is 19.6. The molecule has 5 nitrogen and oxygen atoms in total. The van der Waals surface area contributed by atoms with E-state index in [0.717, 1.165) is 36.6 Å². The van der Waals surface area contributed by atoms with Gasteiger partial charge in [0.2, 0.25) is 5.91 Å². The van der Waals surface area contributed by atoms with Gasteiger partial charge in [-0.3, -0.25) is 4.79 Å².